The van der Waals surface area contributed by atoms with Gasteiger partial charge in [-0.25, -0.2) is 4.79 Å². The quantitative estimate of drug-likeness (QED) is 0.0957. The summed E-state index contributed by atoms with van der Waals surface area (Å²) in [6.45, 7) is 2.86. The van der Waals surface area contributed by atoms with Gasteiger partial charge in [-0.3, -0.25) is 9.59 Å². The monoisotopic (exact) mass is 640 g/mol. The summed E-state index contributed by atoms with van der Waals surface area (Å²) in [6.07, 6.45) is 7.38. The first-order valence-corrected chi connectivity index (χ1v) is 15.9. The van der Waals surface area contributed by atoms with Crippen LogP contribution in [0.15, 0.2) is 72.8 Å². The molecule has 3 rings (SSSR count). The Labute approximate surface area is 268 Å². The first kappa shape index (κ1) is 36.1. The number of unbranched alkanes of at least 4 members (excludes halogenated alkanes) is 9. The average molecular weight is 641 g/mol. The molecule has 0 aliphatic rings. The van der Waals surface area contributed by atoms with E-state index in [4.69, 9.17) is 5.11 Å². The number of aliphatic carboxylic acids is 1. The minimum atomic E-state index is -4.97. The number of hydrogen-bond donors (Lipinski definition) is 3. The predicted octanol–water partition coefficient (Wildman–Crippen LogP) is 8.39. The molecule has 0 heterocycles. The molecule has 0 radical (unpaired) electrons. The van der Waals surface area contributed by atoms with Crippen molar-refractivity contribution in [2.45, 2.75) is 90.0 Å². The minimum absolute atomic E-state index is 0.00961. The normalized spacial score (nSPS) is 11.9. The van der Waals surface area contributed by atoms with Gasteiger partial charge in [0.2, 0.25) is 0 Å². The maximum Gasteiger partial charge on any atom is 0.573 e. The molecule has 248 valence electrons. The molecule has 0 saturated heterocycles. The van der Waals surface area contributed by atoms with Crippen molar-refractivity contribution >= 4 is 17.8 Å². The van der Waals surface area contributed by atoms with Crippen LogP contribution in [0.3, 0.4) is 0 Å². The number of carbonyl (C=O) groups is 3. The highest BCUT2D eigenvalue weighted by molar-refractivity contribution is 6.31. The number of carboxylic acids is 1. The second-order valence-corrected chi connectivity index (χ2v) is 11.3. The number of halogens is 3. The summed E-state index contributed by atoms with van der Waals surface area (Å²) < 4.78 is 43.1. The van der Waals surface area contributed by atoms with E-state index in [0.29, 0.717) is 17.7 Å². The highest BCUT2D eigenvalue weighted by Gasteiger charge is 2.33. The molecule has 10 heteroatoms. The Morgan fingerprint density at radius 2 is 1.30 bits per heavy atom. The van der Waals surface area contributed by atoms with Crippen molar-refractivity contribution in [2.24, 2.45) is 0 Å². The summed E-state index contributed by atoms with van der Waals surface area (Å²) in [6, 6.07) is 18.5. The number of carbonyl (C=O) groups excluding carboxylic acids is 2. The molecule has 7 nitrogen and oxygen atoms in total. The first-order valence-electron chi connectivity index (χ1n) is 15.9. The van der Waals surface area contributed by atoms with E-state index in [2.05, 4.69) is 22.3 Å². The van der Waals surface area contributed by atoms with Crippen molar-refractivity contribution in [2.75, 3.05) is 6.54 Å². The Balaban J connectivity index is 1.54. The molecule has 1 unspecified atom stereocenters. The van der Waals surface area contributed by atoms with Gasteiger partial charge in [-0.05, 0) is 47.7 Å². The third-order valence-electron chi connectivity index (χ3n) is 7.71. The average Bonchev–Trinajstić information content (AvgIpc) is 3.03. The SMILES string of the molecule is CCCCCCCCCCCCNC(=O)c1ccc(-c2ccc(CC(NC(=O)C(=O)O)c3ccccc3OC(F)(F)F)cc2)cc1. The van der Waals surface area contributed by atoms with E-state index < -0.39 is 30.0 Å². The van der Waals surface area contributed by atoms with Gasteiger partial charge < -0.3 is 20.5 Å². The fourth-order valence-electron chi connectivity index (χ4n) is 5.24. The largest absolute Gasteiger partial charge is 0.573 e. The van der Waals surface area contributed by atoms with Crippen molar-refractivity contribution in [3.8, 4) is 16.9 Å². The van der Waals surface area contributed by atoms with E-state index in [9.17, 15) is 27.6 Å². The van der Waals surface area contributed by atoms with E-state index >= 15 is 0 Å². The van der Waals surface area contributed by atoms with Crippen LogP contribution >= 0.6 is 0 Å². The lowest BCUT2D eigenvalue weighted by atomic mass is 9.96. The Hall–Kier alpha value is -4.34. The maximum atomic E-state index is 13.0. The Bertz CT molecular complexity index is 1390. The highest BCUT2D eigenvalue weighted by Crippen LogP contribution is 2.32. The van der Waals surface area contributed by atoms with E-state index in [0.717, 1.165) is 30.0 Å². The van der Waals surface area contributed by atoms with E-state index in [-0.39, 0.29) is 17.9 Å². The number of hydrogen-bond acceptors (Lipinski definition) is 4. The Morgan fingerprint density at radius 1 is 0.761 bits per heavy atom. The zero-order valence-electron chi connectivity index (χ0n) is 26.2. The second kappa shape index (κ2) is 18.6. The molecule has 2 amide bonds. The molecule has 1 atom stereocenters. The van der Waals surface area contributed by atoms with Gasteiger partial charge in [0.15, 0.2) is 0 Å². The van der Waals surface area contributed by atoms with Crippen molar-refractivity contribution in [1.29, 1.82) is 0 Å². The van der Waals surface area contributed by atoms with Crippen LogP contribution in [0.2, 0.25) is 0 Å². The Kier molecular flexibility index (Phi) is 14.6. The van der Waals surface area contributed by atoms with Crippen molar-refractivity contribution in [3.63, 3.8) is 0 Å². The van der Waals surface area contributed by atoms with Crippen LogP contribution in [0.25, 0.3) is 11.1 Å². The fraction of sp³-hybridized carbons (Fsp3) is 0.417. The van der Waals surface area contributed by atoms with E-state index in [1.807, 2.05) is 24.3 Å². The van der Waals surface area contributed by atoms with Gasteiger partial charge in [-0.1, -0.05) is 119 Å². The maximum absolute atomic E-state index is 13.0. The molecular formula is C36H43F3N2O5. The standard InChI is InChI=1S/C36H43F3N2O5/c1-2-3-4-5-6-7-8-9-10-13-24-40-33(42)29-22-20-28(21-23-29)27-18-16-26(17-19-27)25-31(41-34(43)35(44)45)30-14-11-12-15-32(30)46-36(37,38)39/h11-12,14-23,31H,2-10,13,24-25H2,1H3,(H,40,42)(H,41,43)(H,44,45). The molecule has 0 bridgehead atoms. The molecule has 0 spiro atoms. The molecule has 46 heavy (non-hydrogen) atoms. The third-order valence-corrected chi connectivity index (χ3v) is 7.71. The summed E-state index contributed by atoms with van der Waals surface area (Å²) in [5, 5.41) is 14.3. The number of alkyl halides is 3. The van der Waals surface area contributed by atoms with Gasteiger partial charge in [0.1, 0.15) is 5.75 Å². The zero-order valence-corrected chi connectivity index (χ0v) is 26.2. The van der Waals surface area contributed by atoms with Crippen LogP contribution in [0.4, 0.5) is 13.2 Å². The number of nitrogens with one attached hydrogen (secondary N) is 2. The molecule has 0 saturated carbocycles. The number of para-hydroxylation sites is 1. The topological polar surface area (TPSA) is 105 Å². The molecule has 0 aromatic heterocycles. The van der Waals surface area contributed by atoms with Crippen LogP contribution in [0.5, 0.6) is 5.75 Å². The van der Waals surface area contributed by atoms with Gasteiger partial charge in [-0.15, -0.1) is 13.2 Å². The Morgan fingerprint density at radius 3 is 1.87 bits per heavy atom. The molecule has 0 aliphatic carbocycles. The molecule has 3 aromatic rings. The third kappa shape index (κ3) is 12.6. The van der Waals surface area contributed by atoms with Crippen LogP contribution < -0.4 is 15.4 Å². The molecule has 0 aliphatic heterocycles. The fourth-order valence-corrected chi connectivity index (χ4v) is 5.24. The lowest BCUT2D eigenvalue weighted by molar-refractivity contribution is -0.275. The summed E-state index contributed by atoms with van der Waals surface area (Å²) >= 11 is 0. The minimum Gasteiger partial charge on any atom is -0.474 e. The van der Waals surface area contributed by atoms with Gasteiger partial charge in [0, 0.05) is 17.7 Å². The highest BCUT2D eigenvalue weighted by atomic mass is 19.4. The first-order chi connectivity index (χ1) is 22.1. The van der Waals surface area contributed by atoms with E-state index in [1.165, 1.54) is 69.6 Å². The van der Waals surface area contributed by atoms with Crippen molar-refractivity contribution in [3.05, 3.63) is 89.5 Å². The lowest BCUT2D eigenvalue weighted by Crippen LogP contribution is -2.35. The lowest BCUT2D eigenvalue weighted by Gasteiger charge is -2.22. The summed E-state index contributed by atoms with van der Waals surface area (Å²) in [4.78, 5) is 35.8. The molecule has 0 fully saturated rings. The second-order valence-electron chi connectivity index (χ2n) is 11.3. The van der Waals surface area contributed by atoms with Gasteiger partial charge >= 0.3 is 18.2 Å². The van der Waals surface area contributed by atoms with Gasteiger partial charge in [-0.2, -0.15) is 0 Å². The van der Waals surface area contributed by atoms with Gasteiger partial charge in [0.25, 0.3) is 5.91 Å². The van der Waals surface area contributed by atoms with E-state index in [1.54, 1.807) is 24.3 Å². The number of rotatable bonds is 18. The van der Waals surface area contributed by atoms with Crippen LogP contribution in [0, 0.1) is 0 Å². The number of amides is 2. The summed E-state index contributed by atoms with van der Waals surface area (Å²) in [5.41, 5.74) is 2.89. The van der Waals surface area contributed by atoms with Crippen molar-refractivity contribution < 1.29 is 37.4 Å². The summed E-state index contributed by atoms with van der Waals surface area (Å²) in [5.74, 6) is -3.77. The van der Waals surface area contributed by atoms with Crippen LogP contribution in [-0.4, -0.2) is 35.8 Å². The zero-order chi connectivity index (χ0) is 33.4. The molecular weight excluding hydrogens is 597 g/mol. The van der Waals surface area contributed by atoms with Crippen LogP contribution in [-0.2, 0) is 16.0 Å². The van der Waals surface area contributed by atoms with Crippen molar-refractivity contribution in [1.82, 2.24) is 10.6 Å². The number of carboxylic acid groups (broad SMARTS) is 1. The van der Waals surface area contributed by atoms with Crippen LogP contribution in [0.1, 0.15) is 98.7 Å². The number of ether oxygens (including phenoxy) is 1. The molecule has 3 N–H and O–H groups in total. The predicted molar refractivity (Wildman–Crippen MR) is 171 cm³/mol. The summed E-state index contributed by atoms with van der Waals surface area (Å²) in [7, 11) is 0. The van der Waals surface area contributed by atoms with Gasteiger partial charge in [0.05, 0.1) is 6.04 Å². The smallest absolute Gasteiger partial charge is 0.474 e. The number of benzene rings is 3. The molecule has 3 aromatic carbocycles.